The second-order valence-corrected chi connectivity index (χ2v) is 11.0. The van der Waals surface area contributed by atoms with Crippen LogP contribution in [-0.2, 0) is 11.2 Å². The van der Waals surface area contributed by atoms with Crippen LogP contribution in [0.25, 0.3) is 11.2 Å². The summed E-state index contributed by atoms with van der Waals surface area (Å²) in [5.41, 5.74) is 2.92. The van der Waals surface area contributed by atoms with Crippen molar-refractivity contribution in [2.24, 2.45) is 0 Å². The van der Waals surface area contributed by atoms with Gasteiger partial charge in [0.1, 0.15) is 11.9 Å². The molecule has 2 unspecified atom stereocenters. The molecule has 0 bridgehead atoms. The number of aromatic amines is 1. The number of benzene rings is 1. The van der Waals surface area contributed by atoms with E-state index in [4.69, 9.17) is 9.72 Å². The summed E-state index contributed by atoms with van der Waals surface area (Å²) in [5.74, 6) is -1.26. The number of likely N-dealkylation sites (tertiary alicyclic amines) is 1. The maximum absolute atomic E-state index is 14.7. The SMILES string of the molecule is CN(C)c1ccc2c(n1)C(OC(=O)N1CCC(n3c(=O)[nH]c4ncccc43)CC1)CCC(c1cccc(F)c1F)C2. The van der Waals surface area contributed by atoms with Crippen LogP contribution in [0.15, 0.2) is 53.5 Å². The molecule has 1 aliphatic heterocycles. The Bertz CT molecular complexity index is 1640. The number of imidazole rings is 1. The minimum Gasteiger partial charge on any atom is -0.440 e. The fourth-order valence-electron chi connectivity index (χ4n) is 6.09. The van der Waals surface area contributed by atoms with Crippen molar-refractivity contribution in [3.05, 3.63) is 87.6 Å². The predicted octanol–water partition coefficient (Wildman–Crippen LogP) is 5.10. The fourth-order valence-corrected chi connectivity index (χ4v) is 6.09. The van der Waals surface area contributed by atoms with Crippen LogP contribution in [0.4, 0.5) is 19.4 Å². The van der Waals surface area contributed by atoms with Gasteiger partial charge < -0.3 is 14.5 Å². The molecule has 1 amide bonds. The second kappa shape index (κ2) is 10.9. The van der Waals surface area contributed by atoms with E-state index in [9.17, 15) is 18.4 Å². The number of H-pyrrole nitrogens is 1. The highest BCUT2D eigenvalue weighted by Gasteiger charge is 2.33. The molecule has 2 atom stereocenters. The third-order valence-corrected chi connectivity index (χ3v) is 8.25. The lowest BCUT2D eigenvalue weighted by molar-refractivity contribution is 0.0473. The van der Waals surface area contributed by atoms with Crippen molar-refractivity contribution in [3.63, 3.8) is 0 Å². The number of hydrogen-bond acceptors (Lipinski definition) is 6. The largest absolute Gasteiger partial charge is 0.440 e. The van der Waals surface area contributed by atoms with Gasteiger partial charge in [-0.2, -0.15) is 0 Å². The first kappa shape index (κ1) is 26.9. The summed E-state index contributed by atoms with van der Waals surface area (Å²) in [6.45, 7) is 0.871. The lowest BCUT2D eigenvalue weighted by atomic mass is 9.90. The summed E-state index contributed by atoms with van der Waals surface area (Å²) in [7, 11) is 3.77. The number of nitrogens with zero attached hydrogens (tertiary/aromatic N) is 5. The Kier molecular flexibility index (Phi) is 7.19. The lowest BCUT2D eigenvalue weighted by Gasteiger charge is -2.33. The number of halogens is 2. The molecule has 1 fully saturated rings. The van der Waals surface area contributed by atoms with Crippen LogP contribution in [0.1, 0.15) is 60.6 Å². The van der Waals surface area contributed by atoms with Gasteiger partial charge in [0.15, 0.2) is 17.3 Å². The van der Waals surface area contributed by atoms with Gasteiger partial charge in [-0.05, 0) is 73.4 Å². The van der Waals surface area contributed by atoms with E-state index < -0.39 is 23.8 Å². The molecule has 9 nitrogen and oxygen atoms in total. The number of pyridine rings is 2. The highest BCUT2D eigenvalue weighted by molar-refractivity contribution is 5.70. The van der Waals surface area contributed by atoms with Crippen LogP contribution >= 0.6 is 0 Å². The number of aromatic nitrogens is 4. The van der Waals surface area contributed by atoms with Crippen LogP contribution in [0, 0.1) is 11.6 Å². The van der Waals surface area contributed by atoms with Crippen molar-refractivity contribution < 1.29 is 18.3 Å². The molecule has 41 heavy (non-hydrogen) atoms. The number of carbonyl (C=O) groups is 1. The Balaban J connectivity index is 1.20. The van der Waals surface area contributed by atoms with E-state index >= 15 is 0 Å². The first-order valence-corrected chi connectivity index (χ1v) is 13.9. The van der Waals surface area contributed by atoms with Gasteiger partial charge in [-0.1, -0.05) is 18.2 Å². The molecule has 6 rings (SSSR count). The molecule has 2 aliphatic rings. The minimum absolute atomic E-state index is 0.0608. The van der Waals surface area contributed by atoms with Crippen molar-refractivity contribution in [1.29, 1.82) is 0 Å². The Morgan fingerprint density at radius 3 is 2.63 bits per heavy atom. The standard InChI is InChI=1S/C30H32F2N6O3/c1-36(2)25-11-9-19-17-18(21-5-3-6-22(31)26(21)32)8-10-24(27(19)34-25)41-30(40)37-15-12-20(13-16-37)38-23-7-4-14-33-28(23)35-29(38)39/h3-7,9,11,14,18,20,24H,8,10,12-13,15-17H2,1-2H3,(H,33,35,39). The number of anilines is 1. The predicted molar refractivity (Wildman–Crippen MR) is 150 cm³/mol. The van der Waals surface area contributed by atoms with Gasteiger partial charge in [0.25, 0.3) is 0 Å². The van der Waals surface area contributed by atoms with E-state index in [0.717, 1.165) is 23.0 Å². The summed E-state index contributed by atoms with van der Waals surface area (Å²) in [6.07, 6.45) is 3.16. The average molecular weight is 563 g/mol. The monoisotopic (exact) mass is 562 g/mol. The van der Waals surface area contributed by atoms with Gasteiger partial charge in [0.05, 0.1) is 11.2 Å². The summed E-state index contributed by atoms with van der Waals surface area (Å²) < 4.78 is 36.6. The topological polar surface area (TPSA) is 96.4 Å². The average Bonchev–Trinajstić information content (AvgIpc) is 3.20. The van der Waals surface area contributed by atoms with E-state index in [0.29, 0.717) is 62.1 Å². The zero-order chi connectivity index (χ0) is 28.7. The highest BCUT2D eigenvalue weighted by Crippen LogP contribution is 2.39. The maximum Gasteiger partial charge on any atom is 0.410 e. The second-order valence-electron chi connectivity index (χ2n) is 11.0. The Hall–Kier alpha value is -4.28. The molecule has 0 saturated carbocycles. The summed E-state index contributed by atoms with van der Waals surface area (Å²) in [6, 6.07) is 11.7. The summed E-state index contributed by atoms with van der Waals surface area (Å²) in [4.78, 5) is 41.4. The molecule has 3 aromatic heterocycles. The molecule has 1 aromatic carbocycles. The molecular formula is C30H32F2N6O3. The van der Waals surface area contributed by atoms with E-state index in [2.05, 4.69) is 9.97 Å². The number of hydrogen-bond donors (Lipinski definition) is 1. The summed E-state index contributed by atoms with van der Waals surface area (Å²) >= 11 is 0. The van der Waals surface area contributed by atoms with Crippen molar-refractivity contribution >= 4 is 23.1 Å². The fraction of sp³-hybridized carbons (Fsp3) is 0.400. The number of piperidine rings is 1. The van der Waals surface area contributed by atoms with Crippen molar-refractivity contribution in [3.8, 4) is 0 Å². The Labute approximate surface area is 235 Å². The van der Waals surface area contributed by atoms with E-state index in [-0.39, 0.29) is 17.6 Å². The lowest BCUT2D eigenvalue weighted by Crippen LogP contribution is -2.41. The van der Waals surface area contributed by atoms with Crippen LogP contribution < -0.4 is 10.6 Å². The van der Waals surface area contributed by atoms with Gasteiger partial charge >= 0.3 is 11.8 Å². The quantitative estimate of drug-likeness (QED) is 0.348. The zero-order valence-electron chi connectivity index (χ0n) is 23.0. The number of ether oxygens (including phenoxy) is 1. The Morgan fingerprint density at radius 1 is 1.05 bits per heavy atom. The molecular weight excluding hydrogens is 530 g/mol. The molecule has 214 valence electrons. The normalized spacial score (nSPS) is 19.6. The van der Waals surface area contributed by atoms with Gasteiger partial charge in [0.2, 0.25) is 0 Å². The first-order valence-electron chi connectivity index (χ1n) is 13.9. The van der Waals surface area contributed by atoms with E-state index in [1.54, 1.807) is 27.8 Å². The van der Waals surface area contributed by atoms with Crippen molar-refractivity contribution in [1.82, 2.24) is 24.4 Å². The molecule has 4 aromatic rings. The maximum atomic E-state index is 14.7. The molecule has 1 aliphatic carbocycles. The number of fused-ring (bicyclic) bond motifs is 2. The smallest absolute Gasteiger partial charge is 0.410 e. The molecule has 0 radical (unpaired) electrons. The van der Waals surface area contributed by atoms with E-state index in [1.165, 1.54) is 6.07 Å². The molecule has 0 spiro atoms. The Morgan fingerprint density at radius 2 is 1.85 bits per heavy atom. The highest BCUT2D eigenvalue weighted by atomic mass is 19.2. The number of carbonyl (C=O) groups excluding carboxylic acids is 1. The molecule has 1 saturated heterocycles. The molecule has 11 heteroatoms. The van der Waals surface area contributed by atoms with E-state index in [1.807, 2.05) is 37.2 Å². The molecule has 4 heterocycles. The van der Waals surface area contributed by atoms with Crippen LogP contribution in [0.2, 0.25) is 0 Å². The van der Waals surface area contributed by atoms with Gasteiger partial charge in [-0.25, -0.2) is 28.3 Å². The first-order chi connectivity index (χ1) is 19.8. The van der Waals surface area contributed by atoms with Gasteiger partial charge in [0, 0.05) is 39.4 Å². The number of nitrogens with one attached hydrogen (secondary N) is 1. The zero-order valence-corrected chi connectivity index (χ0v) is 23.0. The molecule has 1 N–H and O–H groups in total. The third-order valence-electron chi connectivity index (χ3n) is 8.25. The minimum atomic E-state index is -0.870. The number of amides is 1. The van der Waals surface area contributed by atoms with Crippen LogP contribution in [0.3, 0.4) is 0 Å². The summed E-state index contributed by atoms with van der Waals surface area (Å²) in [5, 5.41) is 0. The third kappa shape index (κ3) is 5.16. The van der Waals surface area contributed by atoms with Crippen molar-refractivity contribution in [2.75, 3.05) is 32.1 Å². The van der Waals surface area contributed by atoms with Crippen LogP contribution in [0.5, 0.6) is 0 Å². The van der Waals surface area contributed by atoms with Crippen molar-refractivity contribution in [2.45, 2.75) is 50.2 Å². The number of rotatable bonds is 4. The van der Waals surface area contributed by atoms with Crippen LogP contribution in [-0.4, -0.2) is 57.7 Å². The van der Waals surface area contributed by atoms with Gasteiger partial charge in [-0.3, -0.25) is 9.55 Å². The van der Waals surface area contributed by atoms with Gasteiger partial charge in [-0.15, -0.1) is 0 Å².